The molecule has 1 aromatic carbocycles. The Labute approximate surface area is 110 Å². The maximum Gasteiger partial charge on any atom is 0.328 e. The summed E-state index contributed by atoms with van der Waals surface area (Å²) in [5.41, 5.74) is 1.82. The van der Waals surface area contributed by atoms with Crippen molar-refractivity contribution in [1.29, 1.82) is 0 Å². The van der Waals surface area contributed by atoms with E-state index >= 15 is 0 Å². The molecule has 2 rings (SSSR count). The number of carbonyl (C=O) groups excluding carboxylic acids is 1. The van der Waals surface area contributed by atoms with Gasteiger partial charge in [-0.05, 0) is 12.1 Å². The lowest BCUT2D eigenvalue weighted by Gasteiger charge is -1.96. The Morgan fingerprint density at radius 3 is 2.47 bits per heavy atom. The van der Waals surface area contributed by atoms with E-state index in [0.717, 1.165) is 6.08 Å². The third-order valence-electron chi connectivity index (χ3n) is 2.74. The van der Waals surface area contributed by atoms with Crippen molar-refractivity contribution < 1.29 is 14.7 Å². The number of carboxylic acid groups (broad SMARTS) is 1. The number of hydrogen-bond donors (Lipinski definition) is 1. The summed E-state index contributed by atoms with van der Waals surface area (Å²) in [6.45, 7) is 0. The average Bonchev–Trinajstić information content (AvgIpc) is 2.78. The van der Waals surface area contributed by atoms with Crippen LogP contribution >= 0.6 is 0 Å². The molecule has 4 heteroatoms. The largest absolute Gasteiger partial charge is 0.478 e. The van der Waals surface area contributed by atoms with Crippen molar-refractivity contribution in [1.82, 2.24) is 4.57 Å². The number of carbonyl (C=O) groups is 2. The van der Waals surface area contributed by atoms with Gasteiger partial charge in [-0.2, -0.15) is 0 Å². The molecule has 1 N–H and O–H groups in total. The molecule has 0 fully saturated rings. The highest BCUT2D eigenvalue weighted by molar-refractivity contribution is 6.09. The van der Waals surface area contributed by atoms with E-state index in [-0.39, 0.29) is 5.78 Å². The van der Waals surface area contributed by atoms with Gasteiger partial charge >= 0.3 is 5.97 Å². The van der Waals surface area contributed by atoms with Gasteiger partial charge in [0.1, 0.15) is 0 Å². The second-order valence-electron chi connectivity index (χ2n) is 4.13. The van der Waals surface area contributed by atoms with Crippen LogP contribution in [0.4, 0.5) is 0 Å². The maximum absolute atomic E-state index is 12.2. The predicted molar refractivity (Wildman–Crippen MR) is 72.0 cm³/mol. The Balaban J connectivity index is 2.30. The molecule has 0 unspecified atom stereocenters. The van der Waals surface area contributed by atoms with E-state index in [1.807, 2.05) is 6.07 Å². The Bertz CT molecular complexity index is 639. The van der Waals surface area contributed by atoms with Gasteiger partial charge in [0.05, 0.1) is 0 Å². The predicted octanol–water partition coefficient (Wildman–Crippen LogP) is 2.35. The lowest BCUT2D eigenvalue weighted by molar-refractivity contribution is -0.131. The SMILES string of the molecule is Cn1cc(C(=O)c2ccccc2)cc1/C=C\C(=O)O. The Kier molecular flexibility index (Phi) is 3.61. The summed E-state index contributed by atoms with van der Waals surface area (Å²) in [6, 6.07) is 10.6. The number of aryl methyl sites for hydroxylation is 1. The van der Waals surface area contributed by atoms with E-state index in [2.05, 4.69) is 0 Å². The van der Waals surface area contributed by atoms with Crippen LogP contribution in [0, 0.1) is 0 Å². The van der Waals surface area contributed by atoms with Gasteiger partial charge < -0.3 is 9.67 Å². The van der Waals surface area contributed by atoms with E-state index < -0.39 is 5.97 Å². The van der Waals surface area contributed by atoms with Crippen molar-refractivity contribution in [2.45, 2.75) is 0 Å². The third-order valence-corrected chi connectivity index (χ3v) is 2.74. The van der Waals surface area contributed by atoms with Crippen molar-refractivity contribution in [3.05, 3.63) is 65.5 Å². The first kappa shape index (κ1) is 12.8. The number of benzene rings is 1. The van der Waals surface area contributed by atoms with Gasteiger partial charge in [-0.3, -0.25) is 4.79 Å². The normalized spacial score (nSPS) is 10.8. The smallest absolute Gasteiger partial charge is 0.328 e. The first-order chi connectivity index (χ1) is 9.08. The zero-order valence-electron chi connectivity index (χ0n) is 10.4. The van der Waals surface area contributed by atoms with Crippen LogP contribution < -0.4 is 0 Å². The van der Waals surface area contributed by atoms with Crippen LogP contribution in [0.5, 0.6) is 0 Å². The summed E-state index contributed by atoms with van der Waals surface area (Å²) in [7, 11) is 1.77. The fraction of sp³-hybridized carbons (Fsp3) is 0.0667. The fourth-order valence-electron chi connectivity index (χ4n) is 1.78. The van der Waals surface area contributed by atoms with Gasteiger partial charge in [0.2, 0.25) is 0 Å². The van der Waals surface area contributed by atoms with Crippen molar-refractivity contribution in [2.24, 2.45) is 7.05 Å². The summed E-state index contributed by atoms with van der Waals surface area (Å²) >= 11 is 0. The Morgan fingerprint density at radius 2 is 1.84 bits per heavy atom. The van der Waals surface area contributed by atoms with Gasteiger partial charge in [0.15, 0.2) is 5.78 Å². The van der Waals surface area contributed by atoms with Gasteiger partial charge in [0.25, 0.3) is 0 Å². The van der Waals surface area contributed by atoms with Crippen LogP contribution in [0.1, 0.15) is 21.6 Å². The van der Waals surface area contributed by atoms with Gasteiger partial charge in [-0.25, -0.2) is 4.79 Å². The van der Waals surface area contributed by atoms with Crippen LogP contribution in [0.3, 0.4) is 0 Å². The van der Waals surface area contributed by atoms with Gasteiger partial charge in [-0.1, -0.05) is 30.3 Å². The lowest BCUT2D eigenvalue weighted by Crippen LogP contribution is -1.99. The fourth-order valence-corrected chi connectivity index (χ4v) is 1.78. The van der Waals surface area contributed by atoms with Crippen molar-refractivity contribution in [3.8, 4) is 0 Å². The van der Waals surface area contributed by atoms with Crippen LogP contribution in [-0.4, -0.2) is 21.4 Å². The molecule has 0 bridgehead atoms. The summed E-state index contributed by atoms with van der Waals surface area (Å²) in [5.74, 6) is -1.09. The molecule has 0 aliphatic rings. The summed E-state index contributed by atoms with van der Waals surface area (Å²) in [6.07, 6.45) is 4.20. The number of carboxylic acids is 1. The number of ketones is 1. The van der Waals surface area contributed by atoms with E-state index in [1.54, 1.807) is 48.1 Å². The van der Waals surface area contributed by atoms with Crippen LogP contribution in [0.2, 0.25) is 0 Å². The number of hydrogen-bond acceptors (Lipinski definition) is 2. The molecule has 0 atom stereocenters. The lowest BCUT2D eigenvalue weighted by atomic mass is 10.1. The first-order valence-electron chi connectivity index (χ1n) is 5.75. The summed E-state index contributed by atoms with van der Waals surface area (Å²) < 4.78 is 1.72. The number of nitrogens with zero attached hydrogens (tertiary/aromatic N) is 1. The van der Waals surface area contributed by atoms with Crippen LogP contribution in [0.15, 0.2) is 48.7 Å². The molecule has 0 aliphatic carbocycles. The highest BCUT2D eigenvalue weighted by atomic mass is 16.4. The summed E-state index contributed by atoms with van der Waals surface area (Å²) in [4.78, 5) is 22.7. The zero-order chi connectivity index (χ0) is 13.8. The quantitative estimate of drug-likeness (QED) is 0.674. The molecule has 1 heterocycles. The molecule has 2 aromatic rings. The van der Waals surface area contributed by atoms with Gasteiger partial charge in [-0.15, -0.1) is 0 Å². The van der Waals surface area contributed by atoms with Crippen LogP contribution in [0.25, 0.3) is 6.08 Å². The zero-order valence-corrected chi connectivity index (χ0v) is 10.4. The summed E-state index contributed by atoms with van der Waals surface area (Å²) in [5, 5.41) is 8.60. The molecule has 0 amide bonds. The second-order valence-corrected chi connectivity index (χ2v) is 4.13. The van der Waals surface area contributed by atoms with E-state index in [1.165, 1.54) is 6.08 Å². The topological polar surface area (TPSA) is 59.3 Å². The molecule has 1 aromatic heterocycles. The standard InChI is InChI=1S/C15H13NO3/c1-16-10-12(9-13(16)7-8-14(17)18)15(19)11-5-3-2-4-6-11/h2-10H,1H3,(H,17,18)/b8-7-. The molecule has 0 saturated carbocycles. The number of aromatic nitrogens is 1. The van der Waals surface area contributed by atoms with E-state index in [4.69, 9.17) is 5.11 Å². The maximum atomic E-state index is 12.2. The van der Waals surface area contributed by atoms with Crippen molar-refractivity contribution >= 4 is 17.8 Å². The Morgan fingerprint density at radius 1 is 1.16 bits per heavy atom. The van der Waals surface area contributed by atoms with Gasteiger partial charge in [0, 0.05) is 36.1 Å². The van der Waals surface area contributed by atoms with Crippen molar-refractivity contribution in [3.63, 3.8) is 0 Å². The molecule has 0 spiro atoms. The Hall–Kier alpha value is -2.62. The van der Waals surface area contributed by atoms with Crippen molar-refractivity contribution in [2.75, 3.05) is 0 Å². The van der Waals surface area contributed by atoms with E-state index in [0.29, 0.717) is 16.8 Å². The molecule has 19 heavy (non-hydrogen) atoms. The molecule has 96 valence electrons. The van der Waals surface area contributed by atoms with Crippen LogP contribution in [-0.2, 0) is 11.8 Å². The van der Waals surface area contributed by atoms with E-state index in [9.17, 15) is 9.59 Å². The minimum atomic E-state index is -1.02. The average molecular weight is 255 g/mol. The third kappa shape index (κ3) is 2.98. The minimum absolute atomic E-state index is 0.0776. The number of aliphatic carboxylic acids is 1. The second kappa shape index (κ2) is 5.35. The molecule has 0 aliphatic heterocycles. The first-order valence-corrected chi connectivity index (χ1v) is 5.75. The molecule has 0 radical (unpaired) electrons. The monoisotopic (exact) mass is 255 g/mol. The molecular weight excluding hydrogens is 242 g/mol. The highest BCUT2D eigenvalue weighted by Crippen LogP contribution is 2.14. The molecule has 4 nitrogen and oxygen atoms in total. The number of rotatable bonds is 4. The molecule has 0 saturated heterocycles. The molecular formula is C15H13NO3. The minimum Gasteiger partial charge on any atom is -0.478 e. The highest BCUT2D eigenvalue weighted by Gasteiger charge is 2.11.